The summed E-state index contributed by atoms with van der Waals surface area (Å²) in [4.78, 5) is 3.36. The Hall–Kier alpha value is -1.10. The molecule has 1 aliphatic carbocycles. The SMILES string of the molecule is CCc1cc2c(C3(OC)C4CCCC3CNC4)cc(F)cc2[nH]1.Cl. The quantitative estimate of drug-likeness (QED) is 0.870. The van der Waals surface area contributed by atoms with E-state index in [0.29, 0.717) is 11.8 Å². The molecule has 2 heterocycles. The van der Waals surface area contributed by atoms with Gasteiger partial charge in [-0.25, -0.2) is 4.39 Å². The van der Waals surface area contributed by atoms with Crippen molar-refractivity contribution in [2.45, 2.75) is 38.2 Å². The van der Waals surface area contributed by atoms with E-state index in [4.69, 9.17) is 4.74 Å². The summed E-state index contributed by atoms with van der Waals surface area (Å²) in [7, 11) is 1.81. The largest absolute Gasteiger partial charge is 0.373 e. The topological polar surface area (TPSA) is 37.0 Å². The van der Waals surface area contributed by atoms with Gasteiger partial charge in [0.05, 0.1) is 0 Å². The van der Waals surface area contributed by atoms with Gasteiger partial charge in [0.2, 0.25) is 0 Å². The van der Waals surface area contributed by atoms with Crippen molar-refractivity contribution in [1.82, 2.24) is 10.3 Å². The highest BCUT2D eigenvalue weighted by Crippen LogP contribution is 2.51. The number of nitrogens with one attached hydrogen (secondary N) is 2. The minimum Gasteiger partial charge on any atom is -0.373 e. The fourth-order valence-corrected chi connectivity index (χ4v) is 4.97. The number of aromatic amines is 1. The minimum atomic E-state index is -0.364. The molecule has 2 unspecified atom stereocenters. The van der Waals surface area contributed by atoms with Crippen LogP contribution in [0.4, 0.5) is 4.39 Å². The zero-order chi connectivity index (χ0) is 16.0. The average molecular weight is 353 g/mol. The highest BCUT2D eigenvalue weighted by Gasteiger charge is 2.52. The number of H-pyrrole nitrogens is 1. The number of rotatable bonds is 3. The molecule has 2 aliphatic rings. The van der Waals surface area contributed by atoms with Crippen LogP contribution in [0.2, 0.25) is 0 Å². The third kappa shape index (κ3) is 2.47. The summed E-state index contributed by atoms with van der Waals surface area (Å²) in [6.07, 6.45) is 4.44. The lowest BCUT2D eigenvalue weighted by atomic mass is 9.62. The number of hydrogen-bond donors (Lipinski definition) is 2. The van der Waals surface area contributed by atoms with E-state index < -0.39 is 0 Å². The first-order chi connectivity index (χ1) is 11.2. The summed E-state index contributed by atoms with van der Waals surface area (Å²) in [6, 6.07) is 5.51. The van der Waals surface area contributed by atoms with Crippen LogP contribution in [-0.2, 0) is 16.8 Å². The highest BCUT2D eigenvalue weighted by molar-refractivity contribution is 5.85. The Labute approximate surface area is 148 Å². The maximum atomic E-state index is 14.4. The summed E-state index contributed by atoms with van der Waals surface area (Å²) in [5.41, 5.74) is 2.72. The van der Waals surface area contributed by atoms with Crippen molar-refractivity contribution in [3.63, 3.8) is 0 Å². The second kappa shape index (κ2) is 6.66. The third-order valence-electron chi connectivity index (χ3n) is 6.00. The van der Waals surface area contributed by atoms with Crippen molar-refractivity contribution in [2.24, 2.45) is 11.8 Å². The maximum Gasteiger partial charge on any atom is 0.125 e. The Morgan fingerprint density at radius 1 is 1.21 bits per heavy atom. The number of piperidine rings is 1. The van der Waals surface area contributed by atoms with Crippen LogP contribution in [-0.4, -0.2) is 25.2 Å². The van der Waals surface area contributed by atoms with Gasteiger partial charge in [-0.15, -0.1) is 12.4 Å². The van der Waals surface area contributed by atoms with Crippen molar-refractivity contribution < 1.29 is 9.13 Å². The molecular formula is C19H26ClFN2O. The highest BCUT2D eigenvalue weighted by atomic mass is 35.5. The predicted molar refractivity (Wildman–Crippen MR) is 97.3 cm³/mol. The Morgan fingerprint density at radius 3 is 2.54 bits per heavy atom. The number of ether oxygens (including phenoxy) is 1. The minimum absolute atomic E-state index is 0. The van der Waals surface area contributed by atoms with Crippen LogP contribution in [0.3, 0.4) is 0 Å². The molecule has 24 heavy (non-hydrogen) atoms. The summed E-state index contributed by atoms with van der Waals surface area (Å²) < 4.78 is 20.6. The molecule has 1 aromatic carbocycles. The standard InChI is InChI=1S/C19H25FN2O.ClH/c1-3-15-9-16-17(7-14(20)8-18(16)22-15)19(23-2)12-5-4-6-13(19)11-21-10-12;/h7-9,12-13,21-22H,3-6,10-11H2,1-2H3;1H. The fourth-order valence-electron chi connectivity index (χ4n) is 4.97. The van der Waals surface area contributed by atoms with Crippen molar-refractivity contribution in [3.8, 4) is 0 Å². The normalized spacial score (nSPS) is 29.5. The molecule has 2 aromatic rings. The Kier molecular flexibility index (Phi) is 4.92. The van der Waals surface area contributed by atoms with Crippen molar-refractivity contribution in [3.05, 3.63) is 35.3 Å². The number of aryl methyl sites for hydroxylation is 1. The van der Waals surface area contributed by atoms with Gasteiger partial charge in [-0.05, 0) is 43.0 Å². The Bertz CT molecular complexity index is 707. The van der Waals surface area contributed by atoms with E-state index in [1.54, 1.807) is 19.2 Å². The van der Waals surface area contributed by atoms with Crippen LogP contribution in [0, 0.1) is 17.7 Å². The molecule has 3 nitrogen and oxygen atoms in total. The molecule has 0 spiro atoms. The average Bonchev–Trinajstić information content (AvgIpc) is 2.95. The van der Waals surface area contributed by atoms with Gasteiger partial charge in [0, 0.05) is 48.6 Å². The summed E-state index contributed by atoms with van der Waals surface area (Å²) in [5, 5.41) is 4.67. The Balaban J connectivity index is 0.00000169. The van der Waals surface area contributed by atoms with Crippen LogP contribution < -0.4 is 5.32 Å². The van der Waals surface area contributed by atoms with Gasteiger partial charge >= 0.3 is 0 Å². The third-order valence-corrected chi connectivity index (χ3v) is 6.00. The molecule has 0 amide bonds. The number of hydrogen-bond acceptors (Lipinski definition) is 2. The van der Waals surface area contributed by atoms with Crippen LogP contribution >= 0.6 is 12.4 Å². The van der Waals surface area contributed by atoms with Crippen molar-refractivity contribution in [2.75, 3.05) is 20.2 Å². The molecule has 1 saturated carbocycles. The number of halogens is 2. The fraction of sp³-hybridized carbons (Fsp3) is 0.579. The van der Waals surface area contributed by atoms with Crippen LogP contribution in [0.15, 0.2) is 18.2 Å². The number of fused-ring (bicyclic) bond motifs is 3. The molecular weight excluding hydrogens is 327 g/mol. The molecule has 0 radical (unpaired) electrons. The first-order valence-electron chi connectivity index (χ1n) is 8.76. The van der Waals surface area contributed by atoms with Crippen LogP contribution in [0.25, 0.3) is 10.9 Å². The van der Waals surface area contributed by atoms with E-state index in [9.17, 15) is 4.39 Å². The monoisotopic (exact) mass is 352 g/mol. The zero-order valence-electron chi connectivity index (χ0n) is 14.3. The van der Waals surface area contributed by atoms with Crippen molar-refractivity contribution >= 4 is 23.3 Å². The second-order valence-corrected chi connectivity index (χ2v) is 7.04. The van der Waals surface area contributed by atoms with E-state index in [1.807, 2.05) is 0 Å². The number of benzene rings is 1. The van der Waals surface area contributed by atoms with E-state index >= 15 is 0 Å². The van der Waals surface area contributed by atoms with E-state index in [1.165, 1.54) is 6.42 Å². The molecule has 132 valence electrons. The summed E-state index contributed by atoms with van der Waals surface area (Å²) in [6.45, 7) is 4.02. The molecule has 2 bridgehead atoms. The second-order valence-electron chi connectivity index (χ2n) is 7.04. The smallest absolute Gasteiger partial charge is 0.125 e. The predicted octanol–water partition coefficient (Wildman–Crippen LogP) is 4.15. The van der Waals surface area contributed by atoms with Gasteiger partial charge in [-0.2, -0.15) is 0 Å². The zero-order valence-corrected chi connectivity index (χ0v) is 15.1. The molecule has 1 aromatic heterocycles. The first kappa shape index (κ1) is 17.7. The lowest BCUT2D eigenvalue weighted by molar-refractivity contribution is -0.143. The van der Waals surface area contributed by atoms with Gasteiger partial charge in [0.25, 0.3) is 0 Å². The molecule has 2 N–H and O–H groups in total. The molecule has 2 atom stereocenters. The first-order valence-corrected chi connectivity index (χ1v) is 8.76. The maximum absolute atomic E-state index is 14.4. The lowest BCUT2D eigenvalue weighted by Crippen LogP contribution is -2.57. The molecule has 4 rings (SSSR count). The molecule has 1 aliphatic heterocycles. The van der Waals surface area contributed by atoms with E-state index in [2.05, 4.69) is 23.3 Å². The lowest BCUT2D eigenvalue weighted by Gasteiger charge is -2.52. The summed E-state index contributed by atoms with van der Waals surface area (Å²) in [5.74, 6) is 0.639. The van der Waals surface area contributed by atoms with Crippen LogP contribution in [0.1, 0.15) is 37.4 Å². The van der Waals surface area contributed by atoms with Gasteiger partial charge in [0.1, 0.15) is 11.4 Å². The van der Waals surface area contributed by atoms with Crippen molar-refractivity contribution in [1.29, 1.82) is 0 Å². The number of aromatic nitrogens is 1. The Morgan fingerprint density at radius 2 is 1.92 bits per heavy atom. The molecule has 2 fully saturated rings. The number of methoxy groups -OCH3 is 1. The van der Waals surface area contributed by atoms with Crippen LogP contribution in [0.5, 0.6) is 0 Å². The summed E-state index contributed by atoms with van der Waals surface area (Å²) >= 11 is 0. The van der Waals surface area contributed by atoms with Gasteiger partial charge < -0.3 is 15.0 Å². The molecule has 1 saturated heterocycles. The van der Waals surface area contributed by atoms with Gasteiger partial charge in [-0.3, -0.25) is 0 Å². The van der Waals surface area contributed by atoms with Gasteiger partial charge in [0.15, 0.2) is 0 Å². The van der Waals surface area contributed by atoms with Gasteiger partial charge in [-0.1, -0.05) is 13.3 Å². The van der Waals surface area contributed by atoms with E-state index in [0.717, 1.165) is 54.5 Å². The van der Waals surface area contributed by atoms with E-state index in [-0.39, 0.29) is 23.8 Å². The molecule has 5 heteroatoms.